The number of carbonyl (C=O) groups is 1. The standard InChI is InChI=1S/C17H11NO2/c1-3-12-8-7-9-13(4-2)16(12)17(20)18-14-10-5-6-11-15(14)19/h1-2,5-11,19H,(H,18,20). The molecule has 2 N–H and O–H groups in total. The fraction of sp³-hybridized carbons (Fsp3) is 0. The van der Waals surface area contributed by atoms with E-state index in [1.165, 1.54) is 6.07 Å². The molecule has 0 bridgehead atoms. The molecule has 3 nitrogen and oxygen atoms in total. The summed E-state index contributed by atoms with van der Waals surface area (Å²) in [6.45, 7) is 0. The van der Waals surface area contributed by atoms with Gasteiger partial charge in [-0.15, -0.1) is 12.8 Å². The molecule has 0 saturated heterocycles. The molecule has 0 aliphatic rings. The molecule has 20 heavy (non-hydrogen) atoms. The second-order valence-corrected chi connectivity index (χ2v) is 3.99. The fourth-order valence-electron chi connectivity index (χ4n) is 1.80. The number of aromatic hydroxyl groups is 1. The summed E-state index contributed by atoms with van der Waals surface area (Å²) in [6.07, 6.45) is 10.8. The molecule has 0 saturated carbocycles. The number of benzene rings is 2. The first-order chi connectivity index (χ1) is 9.67. The summed E-state index contributed by atoms with van der Waals surface area (Å²) in [6, 6.07) is 11.4. The van der Waals surface area contributed by atoms with Crippen molar-refractivity contribution in [1.29, 1.82) is 0 Å². The van der Waals surface area contributed by atoms with Crippen molar-refractivity contribution in [2.24, 2.45) is 0 Å². The van der Waals surface area contributed by atoms with Gasteiger partial charge < -0.3 is 10.4 Å². The predicted octanol–water partition coefficient (Wildman–Crippen LogP) is 2.61. The first kappa shape index (κ1) is 13.3. The number of amides is 1. The Morgan fingerprint density at radius 3 is 2.15 bits per heavy atom. The summed E-state index contributed by atoms with van der Waals surface area (Å²) in [5, 5.41) is 12.3. The van der Waals surface area contributed by atoms with Gasteiger partial charge in [-0.3, -0.25) is 4.79 Å². The zero-order valence-electron chi connectivity index (χ0n) is 10.6. The van der Waals surface area contributed by atoms with Crippen LogP contribution < -0.4 is 5.32 Å². The highest BCUT2D eigenvalue weighted by atomic mass is 16.3. The summed E-state index contributed by atoms with van der Waals surface area (Å²) in [4.78, 5) is 12.3. The molecule has 2 aromatic carbocycles. The van der Waals surface area contributed by atoms with Crippen LogP contribution >= 0.6 is 0 Å². The molecule has 0 aliphatic carbocycles. The number of phenolic OH excluding ortho intramolecular Hbond substituents is 1. The van der Waals surface area contributed by atoms with Crippen LogP contribution in [0.3, 0.4) is 0 Å². The number of rotatable bonds is 2. The maximum atomic E-state index is 12.3. The zero-order valence-corrected chi connectivity index (χ0v) is 10.6. The lowest BCUT2D eigenvalue weighted by atomic mass is 10.0. The highest BCUT2D eigenvalue weighted by molar-refractivity contribution is 6.08. The van der Waals surface area contributed by atoms with Crippen LogP contribution in [0.4, 0.5) is 5.69 Å². The van der Waals surface area contributed by atoms with E-state index in [9.17, 15) is 9.90 Å². The molecular formula is C17H11NO2. The Balaban J connectivity index is 2.43. The topological polar surface area (TPSA) is 49.3 Å². The zero-order chi connectivity index (χ0) is 14.5. The molecule has 0 heterocycles. The molecule has 96 valence electrons. The molecule has 2 rings (SSSR count). The van der Waals surface area contributed by atoms with Gasteiger partial charge in [0.25, 0.3) is 5.91 Å². The van der Waals surface area contributed by atoms with Crippen LogP contribution in [0.5, 0.6) is 5.75 Å². The maximum absolute atomic E-state index is 12.3. The number of anilines is 1. The van der Waals surface area contributed by atoms with Gasteiger partial charge in [0, 0.05) is 11.1 Å². The summed E-state index contributed by atoms with van der Waals surface area (Å²) in [5.41, 5.74) is 1.37. The highest BCUT2D eigenvalue weighted by Gasteiger charge is 2.15. The van der Waals surface area contributed by atoms with Crippen LogP contribution in [0.15, 0.2) is 42.5 Å². The second kappa shape index (κ2) is 5.65. The van der Waals surface area contributed by atoms with Crippen LogP contribution in [-0.4, -0.2) is 11.0 Å². The molecule has 0 spiro atoms. The summed E-state index contributed by atoms with van der Waals surface area (Å²) >= 11 is 0. The Morgan fingerprint density at radius 1 is 1.00 bits per heavy atom. The lowest BCUT2D eigenvalue weighted by Gasteiger charge is -2.10. The minimum absolute atomic E-state index is 0.0266. The van der Waals surface area contributed by atoms with Crippen LogP contribution in [0, 0.1) is 24.7 Å². The van der Waals surface area contributed by atoms with Crippen molar-refractivity contribution in [2.75, 3.05) is 5.32 Å². The summed E-state index contributed by atoms with van der Waals surface area (Å²) in [7, 11) is 0. The van der Waals surface area contributed by atoms with Gasteiger partial charge in [0.2, 0.25) is 0 Å². The number of hydrogen-bond acceptors (Lipinski definition) is 2. The number of phenols is 1. The van der Waals surface area contributed by atoms with Crippen molar-refractivity contribution in [3.05, 3.63) is 59.2 Å². The lowest BCUT2D eigenvalue weighted by molar-refractivity contribution is 0.102. The van der Waals surface area contributed by atoms with Gasteiger partial charge >= 0.3 is 0 Å². The van der Waals surface area contributed by atoms with Crippen molar-refractivity contribution in [3.63, 3.8) is 0 Å². The fourth-order valence-corrected chi connectivity index (χ4v) is 1.80. The lowest BCUT2D eigenvalue weighted by Crippen LogP contribution is -2.15. The van der Waals surface area contributed by atoms with E-state index in [2.05, 4.69) is 17.2 Å². The minimum Gasteiger partial charge on any atom is -0.506 e. The SMILES string of the molecule is C#Cc1cccc(C#C)c1C(=O)Nc1ccccc1O. The molecule has 1 amide bonds. The quantitative estimate of drug-likeness (QED) is 0.645. The van der Waals surface area contributed by atoms with Gasteiger partial charge in [-0.2, -0.15) is 0 Å². The smallest absolute Gasteiger partial charge is 0.258 e. The average Bonchev–Trinajstić information content (AvgIpc) is 2.48. The third-order valence-corrected chi connectivity index (χ3v) is 2.75. The van der Waals surface area contributed by atoms with Gasteiger partial charge in [-0.25, -0.2) is 0 Å². The molecule has 0 fully saturated rings. The Hall–Kier alpha value is -3.17. The molecular weight excluding hydrogens is 250 g/mol. The largest absolute Gasteiger partial charge is 0.506 e. The van der Waals surface area contributed by atoms with Crippen LogP contribution in [0.2, 0.25) is 0 Å². The molecule has 3 heteroatoms. The molecule has 2 aromatic rings. The number of para-hydroxylation sites is 2. The van der Waals surface area contributed by atoms with Crippen molar-refractivity contribution >= 4 is 11.6 Å². The molecule has 0 radical (unpaired) electrons. The maximum Gasteiger partial charge on any atom is 0.258 e. The van der Waals surface area contributed by atoms with Crippen LogP contribution in [-0.2, 0) is 0 Å². The van der Waals surface area contributed by atoms with E-state index in [4.69, 9.17) is 12.8 Å². The molecule has 0 aliphatic heterocycles. The van der Waals surface area contributed by atoms with E-state index >= 15 is 0 Å². The van der Waals surface area contributed by atoms with Gasteiger partial charge in [0.05, 0.1) is 11.3 Å². The third kappa shape index (κ3) is 2.48. The van der Waals surface area contributed by atoms with Crippen LogP contribution in [0.25, 0.3) is 0 Å². The van der Waals surface area contributed by atoms with Crippen molar-refractivity contribution in [1.82, 2.24) is 0 Å². The summed E-state index contributed by atoms with van der Waals surface area (Å²) in [5.74, 6) is 4.39. The first-order valence-corrected chi connectivity index (χ1v) is 5.83. The Morgan fingerprint density at radius 2 is 1.60 bits per heavy atom. The van der Waals surface area contributed by atoms with E-state index in [0.717, 1.165) is 0 Å². The number of hydrogen-bond donors (Lipinski definition) is 2. The normalized spacial score (nSPS) is 9.30. The van der Waals surface area contributed by atoms with Gasteiger partial charge in [0.1, 0.15) is 5.75 Å². The predicted molar refractivity (Wildman–Crippen MR) is 78.4 cm³/mol. The summed E-state index contributed by atoms with van der Waals surface area (Å²) < 4.78 is 0. The van der Waals surface area contributed by atoms with E-state index in [1.54, 1.807) is 36.4 Å². The Labute approximate surface area is 117 Å². The van der Waals surface area contributed by atoms with Crippen molar-refractivity contribution < 1.29 is 9.90 Å². The van der Waals surface area contributed by atoms with Gasteiger partial charge in [-0.1, -0.05) is 30.0 Å². The van der Waals surface area contributed by atoms with E-state index in [1.807, 2.05) is 0 Å². The monoisotopic (exact) mass is 261 g/mol. The first-order valence-electron chi connectivity index (χ1n) is 5.83. The van der Waals surface area contributed by atoms with E-state index in [-0.39, 0.29) is 11.3 Å². The van der Waals surface area contributed by atoms with Gasteiger partial charge in [-0.05, 0) is 24.3 Å². The Bertz CT molecular complexity index is 716. The Kier molecular flexibility index (Phi) is 3.75. The van der Waals surface area contributed by atoms with Gasteiger partial charge in [0.15, 0.2) is 0 Å². The number of carbonyl (C=O) groups excluding carboxylic acids is 1. The average molecular weight is 261 g/mol. The molecule has 0 atom stereocenters. The second-order valence-electron chi connectivity index (χ2n) is 3.99. The van der Waals surface area contributed by atoms with E-state index < -0.39 is 5.91 Å². The van der Waals surface area contributed by atoms with Crippen LogP contribution in [0.1, 0.15) is 21.5 Å². The minimum atomic E-state index is -0.451. The van der Waals surface area contributed by atoms with Crippen molar-refractivity contribution in [3.8, 4) is 30.4 Å². The number of terminal acetylenes is 2. The van der Waals surface area contributed by atoms with Crippen molar-refractivity contribution in [2.45, 2.75) is 0 Å². The molecule has 0 unspecified atom stereocenters. The number of nitrogens with one attached hydrogen (secondary N) is 1. The molecule has 0 aromatic heterocycles. The highest BCUT2D eigenvalue weighted by Crippen LogP contribution is 2.23. The third-order valence-electron chi connectivity index (χ3n) is 2.75. The van der Waals surface area contributed by atoms with E-state index in [0.29, 0.717) is 16.8 Å².